The van der Waals surface area contributed by atoms with Gasteiger partial charge in [-0.15, -0.1) is 0 Å². The number of amides is 6. The van der Waals surface area contributed by atoms with Crippen LogP contribution in [0.25, 0.3) is 51.7 Å². The van der Waals surface area contributed by atoms with Crippen molar-refractivity contribution in [2.75, 3.05) is 164 Å². The van der Waals surface area contributed by atoms with Gasteiger partial charge in [0.1, 0.15) is 34.5 Å². The molecule has 4 saturated heterocycles. The topological polar surface area (TPSA) is 320 Å². The number of piperazine rings is 2. The molecule has 31 nitrogen and oxygen atoms in total. The lowest BCUT2D eigenvalue weighted by Crippen LogP contribution is -2.54. The second-order valence-corrected chi connectivity index (χ2v) is 34.3. The van der Waals surface area contributed by atoms with Gasteiger partial charge in [-0.2, -0.15) is 0 Å². The molecule has 3 aromatic heterocycles. The Labute approximate surface area is 793 Å². The van der Waals surface area contributed by atoms with Crippen molar-refractivity contribution in [3.63, 3.8) is 0 Å². The number of hydrogen-bond donors (Lipinski definition) is 4. The van der Waals surface area contributed by atoms with Crippen LogP contribution in [0.3, 0.4) is 0 Å². The lowest BCUT2D eigenvalue weighted by Gasteiger charge is -2.41. The minimum absolute atomic E-state index is 0.0527. The third-order valence-corrected chi connectivity index (χ3v) is 25.8. The zero-order chi connectivity index (χ0) is 96.2. The quantitative estimate of drug-likeness (QED) is 0.0338. The zero-order valence-corrected chi connectivity index (χ0v) is 80.1. The smallest absolute Gasteiger partial charge is 0.415 e. The first-order chi connectivity index (χ1) is 65.9. The molecule has 136 heavy (non-hydrogen) atoms. The van der Waals surface area contributed by atoms with Crippen molar-refractivity contribution < 1.29 is 98.9 Å². The average molecular weight is 1860 g/mol. The number of carbonyl (C=O) groups is 6. The molecule has 6 aromatic carbocycles. The van der Waals surface area contributed by atoms with E-state index in [0.717, 1.165) is 178 Å². The molecule has 7 aliphatic rings. The predicted octanol–water partition coefficient (Wildman–Crippen LogP) is 16.2. The standard InChI is InChI=1S/C38H46N4O7.C34H39N3O7.C33H37N3O7/c1-25-31(30-9-8-28(45-3)22-33(30)32(25)23-36(43)39-24-29-7-6-18-48-29)19-26-20-34(46-4)37(35(21-26)47-5)49-38(44)42-16-14-41(15-17-42)27-10-12-40(2)13-11-27;1-21-27(26-9-8-24(40-3)18-29(26)28(21)19-32(38)35-20-25-7-6-14-43-25)15-22-16-30(41-4)33(31(17-22)42-5)44-34(39)36-23-10-12-37(2)13-11-23;1-21-26(25-9-8-23(39-3)18-28(25)27(21)19-31(37)34-20-24-7-6-14-42-24)15-22-16-29(40-4)32(30(17-22)41-5)43-33(38)36-12-10-35(2)11-13-36/h6-9,18-22,27H,10-17,23-24H2,1-5H3,(H,39,43);6-9,14-18,23H,10-13,19-20H2,1-5H3,(H,35,38)(H,36,39);6-9,14-18H,10-13,19-20H2,1-5H3,(H,34,37)/b31-19-;27-15-;26-15-. The fourth-order valence-electron chi connectivity index (χ4n) is 17.9. The van der Waals surface area contributed by atoms with E-state index in [0.29, 0.717) is 121 Å². The number of allylic oxidation sites excluding steroid dienone is 6. The van der Waals surface area contributed by atoms with Gasteiger partial charge in [0.05, 0.1) is 122 Å². The van der Waals surface area contributed by atoms with Crippen LogP contribution in [0, 0.1) is 0 Å². The molecule has 0 atom stereocenters. The number of piperidine rings is 2. The van der Waals surface area contributed by atoms with Gasteiger partial charge in [0.15, 0.2) is 34.5 Å². The van der Waals surface area contributed by atoms with Gasteiger partial charge in [-0.1, -0.05) is 18.2 Å². The van der Waals surface area contributed by atoms with Crippen LogP contribution in [0.1, 0.15) is 133 Å². The molecule has 4 fully saturated rings. The second-order valence-electron chi connectivity index (χ2n) is 34.3. The summed E-state index contributed by atoms with van der Waals surface area (Å²) in [5.41, 5.74) is 16.6. The molecule has 718 valence electrons. The number of methoxy groups -OCH3 is 9. The monoisotopic (exact) mass is 1860 g/mol. The van der Waals surface area contributed by atoms with Crippen LogP contribution < -0.4 is 78.1 Å². The van der Waals surface area contributed by atoms with E-state index in [4.69, 9.17) is 70.1 Å². The number of hydrogen-bond acceptors (Lipinski definition) is 25. The minimum atomic E-state index is -0.547. The van der Waals surface area contributed by atoms with Gasteiger partial charge in [-0.3, -0.25) is 19.3 Å². The molecule has 0 bridgehead atoms. The normalized spacial score (nSPS) is 16.7. The number of nitrogens with one attached hydrogen (secondary N) is 4. The highest BCUT2D eigenvalue weighted by molar-refractivity contribution is 6.11. The molecule has 31 heteroatoms. The maximum absolute atomic E-state index is 13.4. The highest BCUT2D eigenvalue weighted by atomic mass is 16.6. The summed E-state index contributed by atoms with van der Waals surface area (Å²) in [6.45, 7) is 16.7. The van der Waals surface area contributed by atoms with E-state index < -0.39 is 18.3 Å². The van der Waals surface area contributed by atoms with Gasteiger partial charge < -0.3 is 116 Å². The van der Waals surface area contributed by atoms with Crippen molar-refractivity contribution in [2.24, 2.45) is 0 Å². The SMILES string of the molecule is COc1ccc2c(c1)C(CC(=O)NCc1ccco1)=C(C)/C2=C/c1cc(OC)c(OC(=O)N2CCN(C)CC2)c(OC)c1.COc1ccc2c(c1)C(CC(=O)NCc1ccco1)=C(C)/C2=C/c1cc(OC)c(OC(=O)N2CCN(C3CCN(C)CC3)CC2)c(OC)c1.COc1ccc2c(c1)C(CC(=O)NCc1ccco1)=C(C)/C2=C/c1cc(OC)c(OC(=O)NC2CCN(C)CC2)c(OC)c1. The molecule has 9 aromatic rings. The lowest BCUT2D eigenvalue weighted by molar-refractivity contribution is -0.121. The molecule has 6 amide bonds. The minimum Gasteiger partial charge on any atom is -0.497 e. The Kier molecular flexibility index (Phi) is 32.9. The Balaban J connectivity index is 0.000000164. The van der Waals surface area contributed by atoms with Gasteiger partial charge in [0.25, 0.3) is 0 Å². The van der Waals surface area contributed by atoms with Crippen LogP contribution in [0.2, 0.25) is 0 Å². The van der Waals surface area contributed by atoms with Crippen LogP contribution in [0.4, 0.5) is 14.4 Å². The molecule has 0 saturated carbocycles. The van der Waals surface area contributed by atoms with Gasteiger partial charge in [0, 0.05) is 64.4 Å². The summed E-state index contributed by atoms with van der Waals surface area (Å²) in [5, 5.41) is 11.8. The van der Waals surface area contributed by atoms with Gasteiger partial charge in [-0.05, 0) is 321 Å². The predicted molar refractivity (Wildman–Crippen MR) is 519 cm³/mol. The summed E-state index contributed by atoms with van der Waals surface area (Å²) in [5.74, 6) is 6.77. The van der Waals surface area contributed by atoms with E-state index in [2.05, 4.69) is 55.0 Å². The molecule has 0 unspecified atom stereocenters. The molecule has 0 spiro atoms. The summed E-state index contributed by atoms with van der Waals surface area (Å²) in [6.07, 6.45) is 14.0. The van der Waals surface area contributed by atoms with Gasteiger partial charge in [0.2, 0.25) is 35.0 Å². The van der Waals surface area contributed by atoms with Crippen molar-refractivity contribution in [3.05, 3.63) is 230 Å². The average Bonchev–Trinajstić information content (AvgIpc) is 1.62. The molecule has 0 radical (unpaired) electrons. The van der Waals surface area contributed by atoms with Crippen LogP contribution in [0.5, 0.6) is 69.0 Å². The van der Waals surface area contributed by atoms with Crippen LogP contribution in [-0.2, 0) is 34.0 Å². The van der Waals surface area contributed by atoms with Crippen molar-refractivity contribution in [2.45, 2.75) is 97.4 Å². The summed E-state index contributed by atoms with van der Waals surface area (Å²) in [7, 11) is 20.3. The molecular weight excluding hydrogens is 1740 g/mol. The Bertz CT molecular complexity index is 5900. The number of rotatable bonds is 29. The summed E-state index contributed by atoms with van der Waals surface area (Å²) in [6, 6.07) is 40.0. The Morgan fingerprint density at radius 2 is 0.654 bits per heavy atom. The first-order valence-electron chi connectivity index (χ1n) is 45.6. The zero-order valence-electron chi connectivity index (χ0n) is 80.1. The van der Waals surface area contributed by atoms with E-state index >= 15 is 0 Å². The first-order valence-corrected chi connectivity index (χ1v) is 45.6. The van der Waals surface area contributed by atoms with Gasteiger partial charge >= 0.3 is 18.3 Å². The molecule has 3 aliphatic carbocycles. The van der Waals surface area contributed by atoms with E-state index in [9.17, 15) is 28.8 Å². The van der Waals surface area contributed by atoms with E-state index in [1.807, 2.05) is 143 Å². The fraction of sp³-hybridized carbons (Fsp3) is 0.371. The van der Waals surface area contributed by atoms with Crippen LogP contribution >= 0.6 is 0 Å². The number of benzene rings is 6. The van der Waals surface area contributed by atoms with Crippen LogP contribution in [-0.4, -0.2) is 241 Å². The molecule has 16 rings (SSSR count). The Morgan fingerprint density at radius 1 is 0.353 bits per heavy atom. The molecular formula is C105H122N10O21. The van der Waals surface area contributed by atoms with E-state index in [-0.39, 0.29) is 60.3 Å². The number of likely N-dealkylation sites (tertiary alicyclic amines) is 2. The number of carbonyl (C=O) groups excluding carboxylic acids is 6. The summed E-state index contributed by atoms with van der Waals surface area (Å²) in [4.78, 5) is 90.9. The summed E-state index contributed by atoms with van der Waals surface area (Å²) >= 11 is 0. The Morgan fingerprint density at radius 3 is 0.956 bits per heavy atom. The van der Waals surface area contributed by atoms with Crippen LogP contribution in [0.15, 0.2) is 176 Å². The van der Waals surface area contributed by atoms with Crippen molar-refractivity contribution in [1.29, 1.82) is 0 Å². The highest BCUT2D eigenvalue weighted by Gasteiger charge is 2.35. The number of furan rings is 3. The Hall–Kier alpha value is -14.1. The molecule has 7 heterocycles. The molecule has 4 aliphatic heterocycles. The first kappa shape index (κ1) is 97.9. The largest absolute Gasteiger partial charge is 0.497 e. The molecule has 4 N–H and O–H groups in total. The third kappa shape index (κ3) is 23.8. The van der Waals surface area contributed by atoms with Crippen molar-refractivity contribution >= 4 is 87.7 Å². The van der Waals surface area contributed by atoms with Gasteiger partial charge in [-0.25, -0.2) is 14.4 Å². The number of likely N-dealkylation sites (N-methyl/N-ethyl adjacent to an activating group) is 1. The maximum Gasteiger partial charge on any atom is 0.415 e. The summed E-state index contributed by atoms with van der Waals surface area (Å²) < 4.78 is 84.1. The van der Waals surface area contributed by atoms with Crippen molar-refractivity contribution in [1.82, 2.24) is 50.7 Å². The fourth-order valence-corrected chi connectivity index (χ4v) is 17.9. The lowest BCUT2D eigenvalue weighted by atomic mass is 10.00. The number of fused-ring (bicyclic) bond motifs is 3. The second kappa shape index (κ2) is 45.7. The third-order valence-electron chi connectivity index (χ3n) is 25.8. The highest BCUT2D eigenvalue weighted by Crippen LogP contribution is 2.51. The van der Waals surface area contributed by atoms with E-state index in [1.165, 1.54) is 28.4 Å². The number of nitrogens with zero attached hydrogens (tertiary/aromatic N) is 6. The number of ether oxygens (including phenoxy) is 12. The van der Waals surface area contributed by atoms with Crippen molar-refractivity contribution in [3.8, 4) is 69.0 Å². The maximum atomic E-state index is 13.4. The van der Waals surface area contributed by atoms with E-state index in [1.54, 1.807) is 94.5 Å².